The van der Waals surface area contributed by atoms with E-state index in [0.717, 1.165) is 16.7 Å². The first kappa shape index (κ1) is 21.7. The second-order valence-electron chi connectivity index (χ2n) is 6.60. The van der Waals surface area contributed by atoms with E-state index in [1.807, 2.05) is 60.7 Å². The molecule has 1 saturated heterocycles. The highest BCUT2D eigenvalue weighted by Gasteiger charge is 2.31. The zero-order valence-corrected chi connectivity index (χ0v) is 17.7. The summed E-state index contributed by atoms with van der Waals surface area (Å²) in [6.07, 6.45) is 2.34. The van der Waals surface area contributed by atoms with Crippen LogP contribution in [0.25, 0.3) is 17.2 Å². The lowest BCUT2D eigenvalue weighted by Gasteiger charge is -2.13. The molecule has 0 atom stereocenters. The quantitative estimate of drug-likeness (QED) is 0.482. The lowest BCUT2D eigenvalue weighted by molar-refractivity contribution is -0.137. The Hall–Kier alpha value is -2.97. The highest BCUT2D eigenvalue weighted by Crippen LogP contribution is 2.33. The molecule has 2 aromatic rings. The molecule has 1 aliphatic heterocycles. The summed E-state index contributed by atoms with van der Waals surface area (Å²) in [5.41, 5.74) is 3.13. The maximum atomic E-state index is 12.7. The van der Waals surface area contributed by atoms with Gasteiger partial charge in [-0.1, -0.05) is 78.6 Å². The fourth-order valence-corrected chi connectivity index (χ4v) is 4.22. The van der Waals surface area contributed by atoms with Crippen molar-refractivity contribution in [2.45, 2.75) is 12.8 Å². The number of hydrogen-bond donors (Lipinski definition) is 2. The van der Waals surface area contributed by atoms with E-state index in [0.29, 0.717) is 22.2 Å². The number of aliphatic carboxylic acids is 1. The molecule has 2 amide bonds. The Morgan fingerprint density at radius 2 is 1.73 bits per heavy atom. The molecule has 6 nitrogen and oxygen atoms in total. The van der Waals surface area contributed by atoms with Crippen LogP contribution >= 0.6 is 24.0 Å². The van der Waals surface area contributed by atoms with Gasteiger partial charge in [-0.15, -0.1) is 0 Å². The van der Waals surface area contributed by atoms with Gasteiger partial charge < -0.3 is 10.4 Å². The molecule has 0 spiro atoms. The third-order valence-electron chi connectivity index (χ3n) is 4.41. The third kappa shape index (κ3) is 5.77. The molecule has 0 saturated carbocycles. The number of hydrogen-bond acceptors (Lipinski definition) is 5. The van der Waals surface area contributed by atoms with E-state index >= 15 is 0 Å². The van der Waals surface area contributed by atoms with Gasteiger partial charge in [0.25, 0.3) is 5.91 Å². The van der Waals surface area contributed by atoms with E-state index in [-0.39, 0.29) is 18.2 Å². The molecule has 154 valence electrons. The molecule has 0 unspecified atom stereocenters. The van der Waals surface area contributed by atoms with Crippen LogP contribution in [-0.4, -0.2) is 45.2 Å². The topological polar surface area (TPSA) is 86.7 Å². The standard InChI is InChI=1S/C22H20N2O4S2/c25-19(23-14-20(26)27)7-4-12-24-21(28)18(30-22(24)29)13-15-8-10-17(11-9-15)16-5-2-1-3-6-16/h1-3,5-6,8-11,13H,4,7,12,14H2,(H,23,25)(H,26,27)/b18-13-. The number of nitrogens with one attached hydrogen (secondary N) is 1. The number of carbonyl (C=O) groups is 3. The first-order valence-corrected chi connectivity index (χ1v) is 10.6. The van der Waals surface area contributed by atoms with Crippen molar-refractivity contribution in [2.75, 3.05) is 13.1 Å². The van der Waals surface area contributed by atoms with Crippen molar-refractivity contribution < 1.29 is 19.5 Å². The van der Waals surface area contributed by atoms with Gasteiger partial charge in [0, 0.05) is 13.0 Å². The molecule has 1 fully saturated rings. The van der Waals surface area contributed by atoms with Crippen molar-refractivity contribution in [3.05, 3.63) is 65.1 Å². The van der Waals surface area contributed by atoms with Crippen LogP contribution in [0, 0.1) is 0 Å². The minimum Gasteiger partial charge on any atom is -0.480 e. The van der Waals surface area contributed by atoms with Crippen LogP contribution in [0.5, 0.6) is 0 Å². The van der Waals surface area contributed by atoms with Crippen molar-refractivity contribution in [1.29, 1.82) is 0 Å². The van der Waals surface area contributed by atoms with Crippen LogP contribution < -0.4 is 5.32 Å². The van der Waals surface area contributed by atoms with Gasteiger partial charge in [0.1, 0.15) is 10.9 Å². The Morgan fingerprint density at radius 1 is 1.07 bits per heavy atom. The van der Waals surface area contributed by atoms with E-state index in [2.05, 4.69) is 5.32 Å². The van der Waals surface area contributed by atoms with Gasteiger partial charge >= 0.3 is 5.97 Å². The molecule has 0 aliphatic carbocycles. The molecule has 0 bridgehead atoms. The van der Waals surface area contributed by atoms with Gasteiger partial charge in [0.05, 0.1) is 4.91 Å². The molecule has 2 aromatic carbocycles. The minimum absolute atomic E-state index is 0.129. The average Bonchev–Trinajstić information content (AvgIpc) is 3.01. The average molecular weight is 441 g/mol. The Morgan fingerprint density at radius 3 is 2.40 bits per heavy atom. The first-order chi connectivity index (χ1) is 14.4. The second-order valence-corrected chi connectivity index (χ2v) is 8.27. The van der Waals surface area contributed by atoms with Crippen molar-refractivity contribution in [3.63, 3.8) is 0 Å². The number of carbonyl (C=O) groups excluding carboxylic acids is 2. The fourth-order valence-electron chi connectivity index (χ4n) is 2.91. The van der Waals surface area contributed by atoms with Crippen LogP contribution in [0.3, 0.4) is 0 Å². The Balaban J connectivity index is 1.58. The summed E-state index contributed by atoms with van der Waals surface area (Å²) in [5, 5.41) is 10.9. The number of benzene rings is 2. The number of thiocarbonyl (C=S) groups is 1. The van der Waals surface area contributed by atoms with Crippen molar-refractivity contribution in [3.8, 4) is 11.1 Å². The summed E-state index contributed by atoms with van der Waals surface area (Å²) in [5.74, 6) is -1.64. The number of amides is 2. The predicted molar refractivity (Wildman–Crippen MR) is 122 cm³/mol. The van der Waals surface area contributed by atoms with Gasteiger partial charge in [-0.05, 0) is 29.2 Å². The van der Waals surface area contributed by atoms with Crippen LogP contribution in [-0.2, 0) is 14.4 Å². The van der Waals surface area contributed by atoms with E-state index in [1.165, 1.54) is 16.7 Å². The lowest BCUT2D eigenvalue weighted by atomic mass is 10.0. The summed E-state index contributed by atoms with van der Waals surface area (Å²) in [6.45, 7) is -0.0961. The maximum Gasteiger partial charge on any atom is 0.322 e. The van der Waals surface area contributed by atoms with Crippen molar-refractivity contribution >= 4 is 52.2 Å². The summed E-state index contributed by atoms with van der Waals surface area (Å²) in [7, 11) is 0. The molecule has 1 aliphatic rings. The Kier molecular flexibility index (Phi) is 7.37. The van der Waals surface area contributed by atoms with Crippen LogP contribution in [0.4, 0.5) is 0 Å². The zero-order chi connectivity index (χ0) is 21.5. The van der Waals surface area contributed by atoms with Gasteiger partial charge in [-0.3, -0.25) is 19.3 Å². The second kappa shape index (κ2) is 10.2. The van der Waals surface area contributed by atoms with Crippen LogP contribution in [0.2, 0.25) is 0 Å². The van der Waals surface area contributed by atoms with Crippen molar-refractivity contribution in [2.24, 2.45) is 0 Å². The Labute approximate surface area is 184 Å². The normalized spacial score (nSPS) is 14.9. The SMILES string of the molecule is O=C(O)CNC(=O)CCCN1C(=O)/C(=C/c2ccc(-c3ccccc3)cc2)SC1=S. The maximum absolute atomic E-state index is 12.7. The van der Waals surface area contributed by atoms with Gasteiger partial charge in [-0.25, -0.2) is 0 Å². The smallest absolute Gasteiger partial charge is 0.322 e. The molecule has 30 heavy (non-hydrogen) atoms. The van der Waals surface area contributed by atoms with E-state index < -0.39 is 12.5 Å². The lowest BCUT2D eigenvalue weighted by Crippen LogP contribution is -2.32. The van der Waals surface area contributed by atoms with E-state index in [4.69, 9.17) is 17.3 Å². The van der Waals surface area contributed by atoms with Crippen LogP contribution in [0.1, 0.15) is 18.4 Å². The monoisotopic (exact) mass is 440 g/mol. The molecule has 8 heteroatoms. The summed E-state index contributed by atoms with van der Waals surface area (Å²) < 4.78 is 0.457. The number of thioether (sulfide) groups is 1. The molecule has 3 rings (SSSR count). The number of nitrogens with zero attached hydrogens (tertiary/aromatic N) is 1. The van der Waals surface area contributed by atoms with Gasteiger partial charge in [-0.2, -0.15) is 0 Å². The number of rotatable bonds is 8. The van der Waals surface area contributed by atoms with Gasteiger partial charge in [0.2, 0.25) is 5.91 Å². The zero-order valence-electron chi connectivity index (χ0n) is 16.0. The first-order valence-electron chi connectivity index (χ1n) is 9.33. The number of carboxylic acid groups (broad SMARTS) is 1. The molecule has 1 heterocycles. The Bertz CT molecular complexity index is 988. The van der Waals surface area contributed by atoms with Crippen LogP contribution in [0.15, 0.2) is 59.5 Å². The molecular formula is C22H20N2O4S2. The molecule has 2 N–H and O–H groups in total. The van der Waals surface area contributed by atoms with Crippen molar-refractivity contribution in [1.82, 2.24) is 10.2 Å². The third-order valence-corrected chi connectivity index (χ3v) is 5.79. The molecule has 0 aromatic heterocycles. The summed E-state index contributed by atoms with van der Waals surface area (Å²) in [4.78, 5) is 36.7. The van der Waals surface area contributed by atoms with E-state index in [9.17, 15) is 14.4 Å². The minimum atomic E-state index is -1.10. The van der Waals surface area contributed by atoms with Gasteiger partial charge in [0.15, 0.2) is 0 Å². The van der Waals surface area contributed by atoms with E-state index in [1.54, 1.807) is 0 Å². The number of carboxylic acids is 1. The molecular weight excluding hydrogens is 420 g/mol. The highest BCUT2D eigenvalue weighted by molar-refractivity contribution is 8.26. The fraction of sp³-hybridized carbons (Fsp3) is 0.182. The largest absolute Gasteiger partial charge is 0.480 e. The summed E-state index contributed by atoms with van der Waals surface area (Å²) >= 11 is 6.55. The summed E-state index contributed by atoms with van der Waals surface area (Å²) in [6, 6.07) is 18.0. The molecule has 0 radical (unpaired) electrons. The predicted octanol–water partition coefficient (Wildman–Crippen LogP) is 3.54. The highest BCUT2D eigenvalue weighted by atomic mass is 32.2.